The summed E-state index contributed by atoms with van der Waals surface area (Å²) in [5.41, 5.74) is 1.19. The minimum atomic E-state index is 0. The van der Waals surface area contributed by atoms with Gasteiger partial charge in [-0.15, -0.1) is 24.0 Å². The summed E-state index contributed by atoms with van der Waals surface area (Å²) in [4.78, 5) is 4.35. The van der Waals surface area contributed by atoms with Crippen molar-refractivity contribution in [3.63, 3.8) is 0 Å². The Bertz CT molecular complexity index is 382. The smallest absolute Gasteiger partial charge is 0.191 e. The summed E-state index contributed by atoms with van der Waals surface area (Å²) < 4.78 is 5.17. The monoisotopic (exact) mass is 347 g/mol. The van der Waals surface area contributed by atoms with Crippen molar-refractivity contribution in [2.24, 2.45) is 4.99 Å². The highest BCUT2D eigenvalue weighted by Gasteiger charge is 2.03. The van der Waals surface area contributed by atoms with Gasteiger partial charge < -0.3 is 15.4 Å². The zero-order valence-corrected chi connectivity index (χ0v) is 12.2. The van der Waals surface area contributed by atoms with Gasteiger partial charge in [0.05, 0.1) is 7.11 Å². The topological polar surface area (TPSA) is 45.6 Å². The van der Waals surface area contributed by atoms with Crippen molar-refractivity contribution in [1.29, 1.82) is 0 Å². The number of halogens is 1. The summed E-state index contributed by atoms with van der Waals surface area (Å²) in [5, 5.41) is 6.50. The van der Waals surface area contributed by atoms with E-state index in [0.29, 0.717) is 0 Å². The predicted molar refractivity (Wildman–Crippen MR) is 80.2 cm³/mol. The molecule has 0 aromatic heterocycles. The average Bonchev–Trinajstić information content (AvgIpc) is 2.38. The quantitative estimate of drug-likeness (QED) is 0.819. The molecule has 0 aliphatic carbocycles. The molecular formula is C12H18IN3O. The second-order valence-electron chi connectivity index (χ2n) is 3.72. The molecule has 17 heavy (non-hydrogen) atoms. The molecule has 1 aliphatic heterocycles. The number of ether oxygens (including phenoxy) is 1. The number of hydrogen-bond donors (Lipinski definition) is 2. The van der Waals surface area contributed by atoms with E-state index in [-0.39, 0.29) is 24.0 Å². The summed E-state index contributed by atoms with van der Waals surface area (Å²) >= 11 is 0. The maximum absolute atomic E-state index is 5.17. The number of benzene rings is 1. The van der Waals surface area contributed by atoms with Gasteiger partial charge in [-0.3, -0.25) is 4.99 Å². The van der Waals surface area contributed by atoms with Crippen LogP contribution in [0.2, 0.25) is 0 Å². The third-order valence-electron chi connectivity index (χ3n) is 2.49. The Hall–Kier alpha value is -0.980. The molecule has 0 spiro atoms. The summed E-state index contributed by atoms with van der Waals surface area (Å²) in [6.07, 6.45) is 1.12. The van der Waals surface area contributed by atoms with Crippen molar-refractivity contribution in [3.05, 3.63) is 29.8 Å². The van der Waals surface area contributed by atoms with Crippen molar-refractivity contribution >= 4 is 29.9 Å². The Morgan fingerprint density at radius 1 is 1.47 bits per heavy atom. The van der Waals surface area contributed by atoms with Gasteiger partial charge in [-0.05, 0) is 24.1 Å². The lowest BCUT2D eigenvalue weighted by molar-refractivity contribution is 0.414. The summed E-state index contributed by atoms with van der Waals surface area (Å²) in [6.45, 7) is 2.68. The molecule has 94 valence electrons. The first-order valence-electron chi connectivity index (χ1n) is 5.53. The van der Waals surface area contributed by atoms with Crippen LogP contribution in [0.4, 0.5) is 0 Å². The molecule has 0 radical (unpaired) electrons. The van der Waals surface area contributed by atoms with Crippen molar-refractivity contribution in [1.82, 2.24) is 10.6 Å². The van der Waals surface area contributed by atoms with Crippen LogP contribution < -0.4 is 15.4 Å². The normalized spacial score (nSPS) is 14.1. The molecule has 1 aromatic rings. The lowest BCUT2D eigenvalue weighted by atomic mass is 10.2. The lowest BCUT2D eigenvalue weighted by Gasteiger charge is -2.16. The van der Waals surface area contributed by atoms with Crippen LogP contribution in [0.5, 0.6) is 5.75 Å². The van der Waals surface area contributed by atoms with Crippen LogP contribution in [0.1, 0.15) is 12.0 Å². The molecule has 0 atom stereocenters. The SMILES string of the molecule is COc1cccc(CNC2=NCCCN2)c1.I. The molecule has 0 amide bonds. The fourth-order valence-corrected chi connectivity index (χ4v) is 1.62. The molecule has 0 saturated carbocycles. The number of nitrogens with zero attached hydrogens (tertiary/aromatic N) is 1. The van der Waals surface area contributed by atoms with E-state index in [9.17, 15) is 0 Å². The second kappa shape index (κ2) is 7.37. The minimum Gasteiger partial charge on any atom is -0.497 e. The van der Waals surface area contributed by atoms with E-state index < -0.39 is 0 Å². The van der Waals surface area contributed by atoms with Crippen LogP contribution in [0.3, 0.4) is 0 Å². The molecule has 0 saturated heterocycles. The Labute approximate surface area is 119 Å². The fourth-order valence-electron chi connectivity index (χ4n) is 1.62. The number of guanidine groups is 1. The number of rotatable bonds is 3. The van der Waals surface area contributed by atoms with E-state index in [2.05, 4.69) is 21.7 Å². The summed E-state index contributed by atoms with van der Waals surface area (Å²) in [5.74, 6) is 1.78. The van der Waals surface area contributed by atoms with Crippen LogP contribution in [0.15, 0.2) is 29.3 Å². The van der Waals surface area contributed by atoms with Crippen LogP contribution >= 0.6 is 24.0 Å². The summed E-state index contributed by atoms with van der Waals surface area (Å²) in [7, 11) is 1.68. The van der Waals surface area contributed by atoms with Gasteiger partial charge in [-0.1, -0.05) is 12.1 Å². The molecule has 1 aromatic carbocycles. The third kappa shape index (κ3) is 4.41. The highest BCUT2D eigenvalue weighted by Crippen LogP contribution is 2.12. The number of methoxy groups -OCH3 is 1. The fraction of sp³-hybridized carbons (Fsp3) is 0.417. The first-order chi connectivity index (χ1) is 7.88. The minimum absolute atomic E-state index is 0. The summed E-state index contributed by atoms with van der Waals surface area (Å²) in [6, 6.07) is 8.03. The molecule has 1 aliphatic rings. The largest absolute Gasteiger partial charge is 0.497 e. The van der Waals surface area contributed by atoms with E-state index in [1.165, 1.54) is 5.56 Å². The molecule has 0 unspecified atom stereocenters. The molecule has 2 rings (SSSR count). The van der Waals surface area contributed by atoms with Crippen LogP contribution in [0, 0.1) is 0 Å². The second-order valence-corrected chi connectivity index (χ2v) is 3.72. The zero-order valence-electron chi connectivity index (χ0n) is 9.90. The van der Waals surface area contributed by atoms with E-state index in [1.807, 2.05) is 18.2 Å². The van der Waals surface area contributed by atoms with Gasteiger partial charge in [0.2, 0.25) is 0 Å². The highest BCUT2D eigenvalue weighted by atomic mass is 127. The lowest BCUT2D eigenvalue weighted by Crippen LogP contribution is -2.40. The first-order valence-corrected chi connectivity index (χ1v) is 5.53. The molecule has 1 heterocycles. The van der Waals surface area contributed by atoms with Gasteiger partial charge in [0.1, 0.15) is 5.75 Å². The van der Waals surface area contributed by atoms with Crippen molar-refractivity contribution in [3.8, 4) is 5.75 Å². The molecular weight excluding hydrogens is 329 g/mol. The average molecular weight is 347 g/mol. The van der Waals surface area contributed by atoms with Crippen LogP contribution in [0.25, 0.3) is 0 Å². The molecule has 0 fully saturated rings. The molecule has 4 nitrogen and oxygen atoms in total. The Kier molecular flexibility index (Phi) is 6.10. The van der Waals surface area contributed by atoms with Gasteiger partial charge >= 0.3 is 0 Å². The highest BCUT2D eigenvalue weighted by molar-refractivity contribution is 14.0. The van der Waals surface area contributed by atoms with E-state index in [4.69, 9.17) is 4.74 Å². The van der Waals surface area contributed by atoms with Gasteiger partial charge in [-0.25, -0.2) is 0 Å². The molecule has 2 N–H and O–H groups in total. The van der Waals surface area contributed by atoms with Gasteiger partial charge in [0.15, 0.2) is 5.96 Å². The Morgan fingerprint density at radius 2 is 2.35 bits per heavy atom. The number of hydrogen-bond acceptors (Lipinski definition) is 4. The first kappa shape index (κ1) is 14.1. The van der Waals surface area contributed by atoms with Crippen molar-refractivity contribution in [2.45, 2.75) is 13.0 Å². The van der Waals surface area contributed by atoms with Crippen molar-refractivity contribution in [2.75, 3.05) is 20.2 Å². The van der Waals surface area contributed by atoms with Crippen LogP contribution in [-0.4, -0.2) is 26.2 Å². The predicted octanol–water partition coefficient (Wildman–Crippen LogP) is 1.75. The number of nitrogens with one attached hydrogen (secondary N) is 2. The van der Waals surface area contributed by atoms with Crippen molar-refractivity contribution < 1.29 is 4.74 Å². The van der Waals surface area contributed by atoms with E-state index >= 15 is 0 Å². The molecule has 5 heteroatoms. The van der Waals surface area contributed by atoms with Gasteiger partial charge in [0, 0.05) is 19.6 Å². The zero-order chi connectivity index (χ0) is 11.2. The van der Waals surface area contributed by atoms with Crippen LogP contribution in [-0.2, 0) is 6.54 Å². The standard InChI is InChI=1S/C12H17N3O.HI/c1-16-11-5-2-4-10(8-11)9-15-12-13-6-3-7-14-12;/h2,4-5,8H,3,6-7,9H2,1H3,(H2,13,14,15);1H. The maximum atomic E-state index is 5.17. The van der Waals surface area contributed by atoms with Gasteiger partial charge in [0.25, 0.3) is 0 Å². The Balaban J connectivity index is 0.00000144. The number of aliphatic imine (C=N–C) groups is 1. The van der Waals surface area contributed by atoms with Gasteiger partial charge in [-0.2, -0.15) is 0 Å². The Morgan fingerprint density at radius 3 is 3.06 bits per heavy atom. The third-order valence-corrected chi connectivity index (χ3v) is 2.49. The molecule has 0 bridgehead atoms. The maximum Gasteiger partial charge on any atom is 0.191 e. The van der Waals surface area contributed by atoms with E-state index in [1.54, 1.807) is 7.11 Å². The van der Waals surface area contributed by atoms with E-state index in [0.717, 1.165) is 37.8 Å².